The predicted molar refractivity (Wildman–Crippen MR) is 74.6 cm³/mol. The van der Waals surface area contributed by atoms with Crippen molar-refractivity contribution in [3.8, 4) is 0 Å². The fourth-order valence-corrected chi connectivity index (χ4v) is 3.12. The Morgan fingerprint density at radius 3 is 2.56 bits per heavy atom. The van der Waals surface area contributed by atoms with Gasteiger partial charge in [-0.2, -0.15) is 0 Å². The van der Waals surface area contributed by atoms with Crippen LogP contribution in [-0.4, -0.2) is 24.8 Å². The van der Waals surface area contributed by atoms with Gasteiger partial charge >= 0.3 is 0 Å². The molecule has 0 amide bonds. The van der Waals surface area contributed by atoms with Crippen molar-refractivity contribution in [2.45, 2.75) is 38.6 Å². The third-order valence-corrected chi connectivity index (χ3v) is 4.05. The molecule has 0 heterocycles. The van der Waals surface area contributed by atoms with Gasteiger partial charge in [0, 0.05) is 18.4 Å². The van der Waals surface area contributed by atoms with Crippen molar-refractivity contribution in [2.24, 2.45) is 5.92 Å². The molecule has 1 fully saturated rings. The summed E-state index contributed by atoms with van der Waals surface area (Å²) in [7, 11) is 4.16. The molecule has 0 radical (unpaired) electrons. The minimum Gasteiger partial charge on any atom is -0.302 e. The number of nitrogens with zero attached hydrogens (tertiary/aromatic N) is 1. The van der Waals surface area contributed by atoms with E-state index < -0.39 is 0 Å². The average molecular weight is 245 g/mol. The molecule has 2 nitrogen and oxygen atoms in total. The standard InChI is InChI=1S/C16H23NO/c1-12-8-4-5-9-13(12)16(17(2)3)14-10-6-7-11-15(14)18/h4-5,8-9,14,16H,6-7,10-11H2,1-3H3. The van der Waals surface area contributed by atoms with E-state index in [-0.39, 0.29) is 12.0 Å². The van der Waals surface area contributed by atoms with Crippen LogP contribution in [0.2, 0.25) is 0 Å². The molecular formula is C16H23NO. The number of Topliss-reactive ketones (excluding diaryl/α,β-unsaturated/α-hetero) is 1. The minimum absolute atomic E-state index is 0.176. The van der Waals surface area contributed by atoms with E-state index in [0.29, 0.717) is 5.78 Å². The summed E-state index contributed by atoms with van der Waals surface area (Å²) in [5, 5.41) is 0. The third-order valence-electron chi connectivity index (χ3n) is 4.05. The summed E-state index contributed by atoms with van der Waals surface area (Å²) in [5.74, 6) is 0.623. The van der Waals surface area contributed by atoms with E-state index in [4.69, 9.17) is 0 Å². The lowest BCUT2D eigenvalue weighted by Crippen LogP contribution is -2.34. The molecule has 1 aromatic rings. The van der Waals surface area contributed by atoms with E-state index >= 15 is 0 Å². The fourth-order valence-electron chi connectivity index (χ4n) is 3.12. The van der Waals surface area contributed by atoms with Gasteiger partial charge in [0.05, 0.1) is 0 Å². The maximum atomic E-state index is 12.2. The smallest absolute Gasteiger partial charge is 0.137 e. The Labute approximate surface area is 110 Å². The van der Waals surface area contributed by atoms with E-state index in [1.807, 2.05) is 0 Å². The summed E-state index contributed by atoms with van der Waals surface area (Å²) >= 11 is 0. The van der Waals surface area contributed by atoms with Gasteiger partial charge in [-0.25, -0.2) is 0 Å². The van der Waals surface area contributed by atoms with Crippen LogP contribution in [0.15, 0.2) is 24.3 Å². The van der Waals surface area contributed by atoms with Gasteiger partial charge in [0.1, 0.15) is 5.78 Å². The lowest BCUT2D eigenvalue weighted by atomic mass is 9.78. The quantitative estimate of drug-likeness (QED) is 0.814. The number of rotatable bonds is 3. The molecule has 2 atom stereocenters. The number of aryl methyl sites for hydroxylation is 1. The molecule has 2 rings (SSSR count). The van der Waals surface area contributed by atoms with Crippen LogP contribution in [0.1, 0.15) is 42.9 Å². The summed E-state index contributed by atoms with van der Waals surface area (Å²) in [5.41, 5.74) is 2.59. The monoisotopic (exact) mass is 245 g/mol. The molecule has 2 unspecified atom stereocenters. The second-order valence-corrected chi connectivity index (χ2v) is 5.58. The SMILES string of the molecule is Cc1ccccc1C(C1CCCCC1=O)N(C)C. The van der Waals surface area contributed by atoms with Crippen molar-refractivity contribution in [3.63, 3.8) is 0 Å². The van der Waals surface area contributed by atoms with Gasteiger partial charge in [-0.15, -0.1) is 0 Å². The third kappa shape index (κ3) is 2.64. The molecule has 1 aliphatic carbocycles. The van der Waals surface area contributed by atoms with Gasteiger partial charge in [-0.05, 0) is 45.0 Å². The highest BCUT2D eigenvalue weighted by Gasteiger charge is 2.33. The fraction of sp³-hybridized carbons (Fsp3) is 0.562. The molecule has 2 heteroatoms. The first-order valence-electron chi connectivity index (χ1n) is 6.86. The minimum atomic E-state index is 0.176. The molecule has 1 aromatic carbocycles. The molecule has 0 bridgehead atoms. The second-order valence-electron chi connectivity index (χ2n) is 5.58. The van der Waals surface area contributed by atoms with Crippen molar-refractivity contribution in [1.29, 1.82) is 0 Å². The molecule has 0 N–H and O–H groups in total. The van der Waals surface area contributed by atoms with E-state index in [1.54, 1.807) is 0 Å². The molecule has 0 spiro atoms. The largest absolute Gasteiger partial charge is 0.302 e. The van der Waals surface area contributed by atoms with Crippen molar-refractivity contribution in [2.75, 3.05) is 14.1 Å². The maximum Gasteiger partial charge on any atom is 0.137 e. The highest BCUT2D eigenvalue weighted by atomic mass is 16.1. The molecule has 0 saturated heterocycles. The summed E-state index contributed by atoms with van der Waals surface area (Å²) in [6.45, 7) is 2.14. The first-order chi connectivity index (χ1) is 8.61. The lowest BCUT2D eigenvalue weighted by Gasteiger charge is -2.35. The van der Waals surface area contributed by atoms with Gasteiger partial charge in [0.15, 0.2) is 0 Å². The van der Waals surface area contributed by atoms with Crippen molar-refractivity contribution >= 4 is 5.78 Å². The van der Waals surface area contributed by atoms with Crippen LogP contribution in [-0.2, 0) is 4.79 Å². The van der Waals surface area contributed by atoms with E-state index in [9.17, 15) is 4.79 Å². The van der Waals surface area contributed by atoms with Gasteiger partial charge < -0.3 is 4.90 Å². The number of carbonyl (C=O) groups is 1. The van der Waals surface area contributed by atoms with Crippen LogP contribution in [0.3, 0.4) is 0 Å². The van der Waals surface area contributed by atoms with Gasteiger partial charge in [-0.1, -0.05) is 30.7 Å². The number of hydrogen-bond acceptors (Lipinski definition) is 2. The van der Waals surface area contributed by atoms with Crippen LogP contribution in [0.4, 0.5) is 0 Å². The Morgan fingerprint density at radius 1 is 1.22 bits per heavy atom. The molecular weight excluding hydrogens is 222 g/mol. The Hall–Kier alpha value is -1.15. The normalized spacial score (nSPS) is 22.2. The Balaban J connectivity index is 2.34. The summed E-state index contributed by atoms with van der Waals surface area (Å²) < 4.78 is 0. The van der Waals surface area contributed by atoms with Gasteiger partial charge in [-0.3, -0.25) is 4.79 Å². The zero-order valence-corrected chi connectivity index (χ0v) is 11.6. The summed E-state index contributed by atoms with van der Waals surface area (Å²) in [6.07, 6.45) is 4.06. The number of benzene rings is 1. The molecule has 1 aliphatic rings. The van der Waals surface area contributed by atoms with Crippen LogP contribution in [0.5, 0.6) is 0 Å². The summed E-state index contributed by atoms with van der Waals surface area (Å²) in [4.78, 5) is 14.4. The van der Waals surface area contributed by atoms with Crippen molar-refractivity contribution < 1.29 is 4.79 Å². The van der Waals surface area contributed by atoms with Gasteiger partial charge in [0.2, 0.25) is 0 Å². The Bertz CT molecular complexity index is 425. The van der Waals surface area contributed by atoms with E-state index in [2.05, 4.69) is 50.2 Å². The summed E-state index contributed by atoms with van der Waals surface area (Å²) in [6, 6.07) is 8.68. The molecule has 1 saturated carbocycles. The Kier molecular flexibility index (Phi) is 4.18. The second kappa shape index (κ2) is 5.66. The zero-order chi connectivity index (χ0) is 13.1. The van der Waals surface area contributed by atoms with Crippen LogP contribution < -0.4 is 0 Å². The molecule has 98 valence electrons. The highest BCUT2D eigenvalue weighted by Crippen LogP contribution is 2.36. The average Bonchev–Trinajstić information content (AvgIpc) is 2.34. The number of carbonyl (C=O) groups excluding carboxylic acids is 1. The predicted octanol–water partition coefficient (Wildman–Crippen LogP) is 3.36. The van der Waals surface area contributed by atoms with E-state index in [1.165, 1.54) is 17.5 Å². The van der Waals surface area contributed by atoms with E-state index in [0.717, 1.165) is 19.3 Å². The van der Waals surface area contributed by atoms with Crippen molar-refractivity contribution in [3.05, 3.63) is 35.4 Å². The molecule has 0 aromatic heterocycles. The maximum absolute atomic E-state index is 12.2. The highest BCUT2D eigenvalue weighted by molar-refractivity contribution is 5.82. The lowest BCUT2D eigenvalue weighted by molar-refractivity contribution is -0.126. The number of ketones is 1. The van der Waals surface area contributed by atoms with Crippen LogP contribution in [0, 0.1) is 12.8 Å². The topological polar surface area (TPSA) is 20.3 Å². The zero-order valence-electron chi connectivity index (χ0n) is 11.6. The molecule has 0 aliphatic heterocycles. The number of hydrogen-bond donors (Lipinski definition) is 0. The first kappa shape index (κ1) is 13.3. The van der Waals surface area contributed by atoms with Gasteiger partial charge in [0.25, 0.3) is 0 Å². The van der Waals surface area contributed by atoms with Crippen molar-refractivity contribution in [1.82, 2.24) is 4.90 Å². The van der Waals surface area contributed by atoms with Crippen LogP contribution in [0.25, 0.3) is 0 Å². The first-order valence-corrected chi connectivity index (χ1v) is 6.86. The van der Waals surface area contributed by atoms with Crippen LogP contribution >= 0.6 is 0 Å². The Morgan fingerprint density at radius 2 is 1.94 bits per heavy atom. The molecule has 18 heavy (non-hydrogen) atoms.